The van der Waals surface area contributed by atoms with Crippen molar-refractivity contribution in [2.45, 2.75) is 44.9 Å². The van der Waals surface area contributed by atoms with Crippen molar-refractivity contribution in [2.24, 2.45) is 0 Å². The predicted molar refractivity (Wildman–Crippen MR) is 96.1 cm³/mol. The molecule has 0 atom stereocenters. The Morgan fingerprint density at radius 2 is 2.04 bits per heavy atom. The summed E-state index contributed by atoms with van der Waals surface area (Å²) < 4.78 is 2.77. The van der Waals surface area contributed by atoms with Crippen LogP contribution in [0.3, 0.4) is 0 Å². The Balaban J connectivity index is 1.40. The first-order valence-electron chi connectivity index (χ1n) is 8.59. The lowest BCUT2D eigenvalue weighted by Gasteiger charge is -2.14. The Kier molecular flexibility index (Phi) is 5.66. The van der Waals surface area contributed by atoms with Crippen molar-refractivity contribution in [3.63, 3.8) is 0 Å². The van der Waals surface area contributed by atoms with Gasteiger partial charge in [0.15, 0.2) is 5.78 Å². The molecule has 0 bridgehead atoms. The number of carbonyl (C=O) groups is 2. The average Bonchev–Trinajstić information content (AvgIpc) is 3.16. The van der Waals surface area contributed by atoms with Crippen LogP contribution < -0.4 is 0 Å². The molecule has 1 aliphatic rings. The van der Waals surface area contributed by atoms with Crippen LogP contribution in [-0.4, -0.2) is 39.1 Å². The van der Waals surface area contributed by atoms with Gasteiger partial charge in [0, 0.05) is 36.6 Å². The van der Waals surface area contributed by atoms with Crippen molar-refractivity contribution in [1.82, 2.24) is 14.3 Å². The number of nitrogens with zero attached hydrogens (tertiary/aromatic N) is 3. The fourth-order valence-electron chi connectivity index (χ4n) is 3.17. The summed E-state index contributed by atoms with van der Waals surface area (Å²) in [5, 5.41) is 0. The number of hydrogen-bond donors (Lipinski definition) is 0. The summed E-state index contributed by atoms with van der Waals surface area (Å²) >= 11 is 3.43. The van der Waals surface area contributed by atoms with Crippen LogP contribution in [-0.2, 0) is 4.79 Å². The lowest BCUT2D eigenvalue weighted by atomic mass is 10.1. The van der Waals surface area contributed by atoms with E-state index in [2.05, 4.69) is 20.9 Å². The third-order valence-corrected chi connectivity index (χ3v) is 4.98. The van der Waals surface area contributed by atoms with Gasteiger partial charge in [0.05, 0.1) is 6.20 Å². The quantitative estimate of drug-likeness (QED) is 0.507. The molecule has 0 radical (unpaired) electrons. The van der Waals surface area contributed by atoms with Gasteiger partial charge in [-0.25, -0.2) is 4.98 Å². The van der Waals surface area contributed by atoms with Crippen LogP contribution in [0.5, 0.6) is 0 Å². The SMILES string of the molecule is O=C(CCCCCCN1CCCC1=O)c1cnc2ccc(Br)cn12. The monoisotopic (exact) mass is 391 g/mol. The molecule has 0 aromatic carbocycles. The molecule has 3 rings (SSSR count). The molecule has 128 valence electrons. The molecule has 6 heteroatoms. The normalized spacial score (nSPS) is 14.7. The first-order valence-corrected chi connectivity index (χ1v) is 9.38. The minimum atomic E-state index is 0.135. The van der Waals surface area contributed by atoms with Gasteiger partial charge in [-0.05, 0) is 47.3 Å². The highest BCUT2D eigenvalue weighted by Crippen LogP contribution is 2.16. The van der Waals surface area contributed by atoms with Gasteiger partial charge in [0.1, 0.15) is 11.3 Å². The topological polar surface area (TPSA) is 54.7 Å². The van der Waals surface area contributed by atoms with E-state index in [4.69, 9.17) is 0 Å². The van der Waals surface area contributed by atoms with E-state index in [1.165, 1.54) is 0 Å². The van der Waals surface area contributed by atoms with Crippen LogP contribution in [0.4, 0.5) is 0 Å². The summed E-state index contributed by atoms with van der Waals surface area (Å²) in [6.07, 6.45) is 9.79. The lowest BCUT2D eigenvalue weighted by molar-refractivity contribution is -0.127. The van der Waals surface area contributed by atoms with E-state index in [0.29, 0.717) is 24.4 Å². The van der Waals surface area contributed by atoms with Crippen LogP contribution in [0.2, 0.25) is 0 Å². The Labute approximate surface area is 150 Å². The number of rotatable bonds is 8. The predicted octanol–water partition coefficient (Wildman–Crippen LogP) is 3.85. The molecule has 2 aromatic heterocycles. The summed E-state index contributed by atoms with van der Waals surface area (Å²) in [5.74, 6) is 0.430. The maximum Gasteiger partial charge on any atom is 0.222 e. The number of carbonyl (C=O) groups excluding carboxylic acids is 2. The van der Waals surface area contributed by atoms with E-state index >= 15 is 0 Å². The summed E-state index contributed by atoms with van der Waals surface area (Å²) in [6.45, 7) is 1.79. The molecule has 24 heavy (non-hydrogen) atoms. The molecule has 2 aromatic rings. The molecule has 3 heterocycles. The number of ketones is 1. The molecule has 1 aliphatic heterocycles. The van der Waals surface area contributed by atoms with Gasteiger partial charge < -0.3 is 4.90 Å². The van der Waals surface area contributed by atoms with Gasteiger partial charge in [-0.2, -0.15) is 0 Å². The smallest absolute Gasteiger partial charge is 0.222 e. The third kappa shape index (κ3) is 4.04. The minimum absolute atomic E-state index is 0.135. The number of fused-ring (bicyclic) bond motifs is 1. The van der Waals surface area contributed by atoms with Crippen LogP contribution >= 0.6 is 15.9 Å². The Morgan fingerprint density at radius 3 is 2.83 bits per heavy atom. The van der Waals surface area contributed by atoms with Gasteiger partial charge in [0.2, 0.25) is 5.91 Å². The molecule has 1 fully saturated rings. The molecule has 1 amide bonds. The zero-order chi connectivity index (χ0) is 16.9. The molecule has 0 saturated carbocycles. The summed E-state index contributed by atoms with van der Waals surface area (Å²) in [4.78, 5) is 30.1. The molecular weight excluding hydrogens is 370 g/mol. The third-order valence-electron chi connectivity index (χ3n) is 4.51. The first kappa shape index (κ1) is 17.1. The second kappa shape index (κ2) is 7.92. The average molecular weight is 392 g/mol. The molecule has 5 nitrogen and oxygen atoms in total. The molecule has 1 saturated heterocycles. The standard InChI is InChI=1S/C18H22BrN3O2/c19-14-8-9-17-20-12-15(22(17)13-14)16(23)6-3-1-2-4-10-21-11-5-7-18(21)24/h8-9,12-13H,1-7,10-11H2. The van der Waals surface area contributed by atoms with Crippen LogP contribution in [0.15, 0.2) is 29.0 Å². The highest BCUT2D eigenvalue weighted by molar-refractivity contribution is 9.10. The number of pyridine rings is 1. The molecule has 0 unspecified atom stereocenters. The molecule has 0 N–H and O–H groups in total. The van der Waals surface area contributed by atoms with E-state index in [0.717, 1.165) is 55.3 Å². The van der Waals surface area contributed by atoms with Gasteiger partial charge in [-0.1, -0.05) is 12.8 Å². The maximum absolute atomic E-state index is 12.4. The Hall–Kier alpha value is -1.69. The van der Waals surface area contributed by atoms with Crippen molar-refractivity contribution < 1.29 is 9.59 Å². The number of hydrogen-bond acceptors (Lipinski definition) is 3. The fraction of sp³-hybridized carbons (Fsp3) is 0.500. The van der Waals surface area contributed by atoms with Crippen molar-refractivity contribution in [2.75, 3.05) is 13.1 Å². The number of likely N-dealkylation sites (tertiary alicyclic amines) is 1. The minimum Gasteiger partial charge on any atom is -0.343 e. The summed E-state index contributed by atoms with van der Waals surface area (Å²) in [7, 11) is 0. The molecule has 0 spiro atoms. The zero-order valence-corrected chi connectivity index (χ0v) is 15.3. The number of Topliss-reactive ketones (excluding diaryl/α,β-unsaturated/α-hetero) is 1. The summed E-state index contributed by atoms with van der Waals surface area (Å²) in [6, 6.07) is 3.81. The second-order valence-corrected chi connectivity index (χ2v) is 7.21. The number of halogens is 1. The van der Waals surface area contributed by atoms with Crippen molar-refractivity contribution in [1.29, 1.82) is 0 Å². The van der Waals surface area contributed by atoms with E-state index in [9.17, 15) is 9.59 Å². The first-order chi connectivity index (χ1) is 11.6. The van der Waals surface area contributed by atoms with Gasteiger partial charge in [0.25, 0.3) is 0 Å². The second-order valence-electron chi connectivity index (χ2n) is 6.29. The summed E-state index contributed by atoms with van der Waals surface area (Å²) in [5.41, 5.74) is 1.44. The zero-order valence-electron chi connectivity index (χ0n) is 13.7. The van der Waals surface area contributed by atoms with Crippen molar-refractivity contribution >= 4 is 33.3 Å². The number of aromatic nitrogens is 2. The highest BCUT2D eigenvalue weighted by Gasteiger charge is 2.19. The van der Waals surface area contributed by atoms with Crippen LogP contribution in [0.25, 0.3) is 5.65 Å². The molecular formula is C18H22BrN3O2. The van der Waals surface area contributed by atoms with Gasteiger partial charge in [-0.3, -0.25) is 14.0 Å². The van der Waals surface area contributed by atoms with Crippen LogP contribution in [0.1, 0.15) is 55.4 Å². The number of amides is 1. The number of unbranched alkanes of at least 4 members (excludes halogenated alkanes) is 3. The Bertz CT molecular complexity index is 741. The van der Waals surface area contributed by atoms with E-state index in [-0.39, 0.29) is 5.78 Å². The van der Waals surface area contributed by atoms with E-state index in [1.807, 2.05) is 27.6 Å². The Morgan fingerprint density at radius 1 is 1.21 bits per heavy atom. The maximum atomic E-state index is 12.4. The largest absolute Gasteiger partial charge is 0.343 e. The van der Waals surface area contributed by atoms with E-state index in [1.54, 1.807) is 6.20 Å². The van der Waals surface area contributed by atoms with Gasteiger partial charge in [-0.15, -0.1) is 0 Å². The van der Waals surface area contributed by atoms with Crippen LogP contribution in [0, 0.1) is 0 Å². The van der Waals surface area contributed by atoms with Crippen molar-refractivity contribution in [3.05, 3.63) is 34.7 Å². The fourth-order valence-corrected chi connectivity index (χ4v) is 3.51. The highest BCUT2D eigenvalue weighted by atomic mass is 79.9. The number of imidazole rings is 1. The molecule has 0 aliphatic carbocycles. The lowest BCUT2D eigenvalue weighted by Crippen LogP contribution is -2.25. The van der Waals surface area contributed by atoms with Crippen molar-refractivity contribution in [3.8, 4) is 0 Å². The van der Waals surface area contributed by atoms with E-state index < -0.39 is 0 Å². The van der Waals surface area contributed by atoms with Gasteiger partial charge >= 0.3 is 0 Å².